The topological polar surface area (TPSA) is 75.9 Å². The molecule has 6 heteroatoms. The maximum Gasteiger partial charge on any atom is 0.164 e. The molecule has 3 heterocycles. The summed E-state index contributed by atoms with van der Waals surface area (Å²) in [6.45, 7) is 21.6. The molecule has 0 atom stereocenters. The van der Waals surface area contributed by atoms with Crippen molar-refractivity contribution in [2.24, 2.45) is 15.8 Å². The Morgan fingerprint density at radius 2 is 1.51 bits per heavy atom. The third-order valence-electron chi connectivity index (χ3n) is 10.8. The minimum Gasteiger partial charge on any atom is -0.512 e. The second kappa shape index (κ2) is 14.8. The van der Waals surface area contributed by atoms with E-state index in [9.17, 15) is 9.90 Å². The molecule has 0 spiro atoms. The molecule has 5 nitrogen and oxygen atoms in total. The van der Waals surface area contributed by atoms with E-state index in [-0.39, 0.29) is 47.9 Å². The van der Waals surface area contributed by atoms with Gasteiger partial charge in [0.2, 0.25) is 0 Å². The van der Waals surface area contributed by atoms with Gasteiger partial charge in [0.05, 0.1) is 0 Å². The monoisotopic (exact) mass is 839 g/mol. The van der Waals surface area contributed by atoms with Crippen LogP contribution in [0, 0.1) is 23.8 Å². The average molecular weight is 839 g/mol. The maximum absolute atomic E-state index is 12.2. The first-order valence-corrected chi connectivity index (χ1v) is 17.6. The van der Waals surface area contributed by atoms with Crippen LogP contribution >= 0.6 is 0 Å². The molecule has 0 saturated carbocycles. The Bertz CT molecular complexity index is 2030. The fourth-order valence-corrected chi connectivity index (χ4v) is 6.54. The third kappa shape index (κ3) is 7.37. The quantitative estimate of drug-likeness (QED) is 0.0959. The molecule has 1 radical (unpaired) electrons. The molecule has 0 aliphatic carbocycles. The van der Waals surface area contributed by atoms with Gasteiger partial charge in [-0.2, -0.15) is 0 Å². The Kier molecular flexibility index (Phi) is 11.6. The summed E-state index contributed by atoms with van der Waals surface area (Å²) in [5, 5.41) is 14.7. The molecule has 1 aliphatic heterocycles. The Labute approximate surface area is 305 Å². The first-order chi connectivity index (χ1) is 22.7. The molecule has 263 valence electrons. The summed E-state index contributed by atoms with van der Waals surface area (Å²) < 4.78 is 12.2. The Hall–Kier alpha value is -3.47. The summed E-state index contributed by atoms with van der Waals surface area (Å²) in [4.78, 5) is 17.2. The van der Waals surface area contributed by atoms with Crippen LogP contribution in [0.3, 0.4) is 0 Å². The van der Waals surface area contributed by atoms with Gasteiger partial charge in [-0.25, -0.2) is 0 Å². The number of benzene rings is 3. The number of rotatable bonds is 8. The number of furan rings is 2. The second-order valence-electron chi connectivity index (χ2n) is 14.9. The van der Waals surface area contributed by atoms with E-state index >= 15 is 0 Å². The van der Waals surface area contributed by atoms with Gasteiger partial charge >= 0.3 is 0 Å². The predicted octanol–water partition coefficient (Wildman–Crippen LogP) is 11.8. The largest absolute Gasteiger partial charge is 0.512 e. The second-order valence-corrected chi connectivity index (χ2v) is 14.9. The molecule has 2 aromatic heterocycles. The molecule has 0 bridgehead atoms. The van der Waals surface area contributed by atoms with Crippen LogP contribution in [0.1, 0.15) is 116 Å². The van der Waals surface area contributed by atoms with Gasteiger partial charge in [0.1, 0.15) is 28.4 Å². The molecule has 6 rings (SSSR count). The molecule has 1 N–H and O–H groups in total. The van der Waals surface area contributed by atoms with Crippen molar-refractivity contribution in [3.05, 3.63) is 94.6 Å². The number of nitrogens with zero attached hydrogens (tertiary/aromatic N) is 1. The molecule has 5 aromatic rings. The summed E-state index contributed by atoms with van der Waals surface area (Å²) in [6, 6.07) is 20.6. The smallest absolute Gasteiger partial charge is 0.164 e. The van der Waals surface area contributed by atoms with Gasteiger partial charge in [-0.3, -0.25) is 4.79 Å². The van der Waals surface area contributed by atoms with Crippen molar-refractivity contribution in [2.45, 2.75) is 107 Å². The van der Waals surface area contributed by atoms with Crippen molar-refractivity contribution >= 4 is 44.2 Å². The fraction of sp³-hybridized carbons (Fsp3) is 0.442. The van der Waals surface area contributed by atoms with E-state index in [1.54, 1.807) is 0 Å². The molecule has 0 unspecified atom stereocenters. The fourth-order valence-electron chi connectivity index (χ4n) is 6.54. The van der Waals surface area contributed by atoms with E-state index in [1.165, 1.54) is 17.0 Å². The van der Waals surface area contributed by atoms with Crippen LogP contribution in [-0.2, 0) is 36.7 Å². The van der Waals surface area contributed by atoms with Crippen molar-refractivity contribution < 1.29 is 38.8 Å². The molecule has 0 amide bonds. The van der Waals surface area contributed by atoms with Gasteiger partial charge < -0.3 is 18.9 Å². The van der Waals surface area contributed by atoms with E-state index in [4.69, 9.17) is 13.8 Å². The van der Waals surface area contributed by atoms with Crippen molar-refractivity contribution in [1.29, 1.82) is 0 Å². The predicted molar refractivity (Wildman–Crippen MR) is 200 cm³/mol. The van der Waals surface area contributed by atoms with Gasteiger partial charge in [0, 0.05) is 72.0 Å². The molecular formula is C43H52IrNO4-. The van der Waals surface area contributed by atoms with Crippen LogP contribution in [0.2, 0.25) is 0 Å². The van der Waals surface area contributed by atoms with Crippen molar-refractivity contribution in [2.75, 3.05) is 6.54 Å². The standard InChI is InChI=1S/C28H24NO2.C15H28O2.Ir/c1-16-13-20-22(30-16)9-10-23-25(20)26-24(31-23)11-12-29-27(26)18-14-17-7-5-6-8-19(17)21(15-18)28(2,3)4;1-7-14(5,8-2)12(16)11-13(17)15(6,9-3)10-4;/h5-10,13,15H,11-12H2,1-4H3;11,16H,7-10H2,1-6H3;/q-1;;/b;12-11-;. The third-order valence-corrected chi connectivity index (χ3v) is 10.8. The number of aryl methyl sites for hydroxylation is 1. The number of aliphatic imine (C=N–C) groups is 1. The number of hydrogen-bond donors (Lipinski definition) is 1. The van der Waals surface area contributed by atoms with Gasteiger partial charge in [-0.1, -0.05) is 91.5 Å². The summed E-state index contributed by atoms with van der Waals surface area (Å²) >= 11 is 0. The van der Waals surface area contributed by atoms with Crippen LogP contribution in [0.25, 0.3) is 32.7 Å². The van der Waals surface area contributed by atoms with Crippen LogP contribution in [0.15, 0.2) is 74.2 Å². The first-order valence-electron chi connectivity index (χ1n) is 17.6. The normalized spacial score (nSPS) is 13.9. The minimum atomic E-state index is -0.337. The molecule has 3 aromatic carbocycles. The summed E-state index contributed by atoms with van der Waals surface area (Å²) in [6.07, 6.45) is 5.57. The zero-order chi connectivity index (χ0) is 35.0. The molecule has 0 saturated heterocycles. The number of ketones is 1. The number of aliphatic hydroxyl groups is 1. The van der Waals surface area contributed by atoms with Crippen LogP contribution in [0.5, 0.6) is 0 Å². The first kappa shape index (κ1) is 38.3. The van der Waals surface area contributed by atoms with Gasteiger partial charge in [0.25, 0.3) is 0 Å². The van der Waals surface area contributed by atoms with Crippen molar-refractivity contribution in [3.8, 4) is 0 Å². The summed E-state index contributed by atoms with van der Waals surface area (Å²) in [5.41, 5.74) is 5.60. The van der Waals surface area contributed by atoms with Gasteiger partial charge in [-0.15, -0.1) is 29.1 Å². The molecule has 49 heavy (non-hydrogen) atoms. The SMILES string of the molecule is CCC(C)(CC)C(=O)/C=C(\O)C(C)(CC)CC.Cc1cc2c(ccc3oc4c(c32)C(c2[c-]c3ccccc3c(C(C)(C)C)c2)=NCC4)o1.[Ir]. The van der Waals surface area contributed by atoms with Gasteiger partial charge in [-0.05, 0) is 56.2 Å². The number of carbonyl (C=O) groups excluding carboxylic acids is 1. The number of carbonyl (C=O) groups is 1. The minimum absolute atomic E-state index is 0. The Morgan fingerprint density at radius 1 is 0.878 bits per heavy atom. The van der Waals surface area contributed by atoms with Gasteiger partial charge in [0.15, 0.2) is 5.78 Å². The van der Waals surface area contributed by atoms with Crippen molar-refractivity contribution in [1.82, 2.24) is 0 Å². The van der Waals surface area contributed by atoms with E-state index in [0.717, 1.165) is 94.3 Å². The summed E-state index contributed by atoms with van der Waals surface area (Å²) in [7, 11) is 0. The summed E-state index contributed by atoms with van der Waals surface area (Å²) in [5.74, 6) is 2.19. The van der Waals surface area contributed by atoms with Crippen LogP contribution in [-0.4, -0.2) is 23.1 Å². The number of allylic oxidation sites excluding steroid dienone is 2. The van der Waals surface area contributed by atoms with Crippen molar-refractivity contribution in [3.63, 3.8) is 0 Å². The van der Waals surface area contributed by atoms with E-state index in [0.29, 0.717) is 0 Å². The zero-order valence-corrected chi connectivity index (χ0v) is 33.3. The average Bonchev–Trinajstić information content (AvgIpc) is 3.66. The van der Waals surface area contributed by atoms with E-state index < -0.39 is 0 Å². The molecule has 0 fully saturated rings. The Morgan fingerprint density at radius 3 is 2.14 bits per heavy atom. The Balaban J connectivity index is 0.000000260. The number of fused-ring (bicyclic) bond motifs is 6. The number of aliphatic hydroxyl groups excluding tert-OH is 1. The zero-order valence-electron chi connectivity index (χ0n) is 30.9. The maximum atomic E-state index is 12.2. The van der Waals surface area contributed by atoms with Crippen LogP contribution in [0.4, 0.5) is 0 Å². The number of hydrogen-bond acceptors (Lipinski definition) is 5. The molecule has 1 aliphatic rings. The van der Waals surface area contributed by atoms with E-state index in [1.807, 2.05) is 60.6 Å². The molecular weight excluding hydrogens is 787 g/mol. The van der Waals surface area contributed by atoms with E-state index in [2.05, 4.69) is 63.2 Å². The van der Waals surface area contributed by atoms with Crippen LogP contribution < -0.4 is 0 Å².